The highest BCUT2D eigenvalue weighted by Crippen LogP contribution is 2.16. The highest BCUT2D eigenvalue weighted by Gasteiger charge is 2.22. The molecule has 0 bridgehead atoms. The number of hydrogen-bond donors (Lipinski definition) is 2. The molecule has 0 radical (unpaired) electrons. The lowest BCUT2D eigenvalue weighted by atomic mass is 10.1. The van der Waals surface area contributed by atoms with E-state index in [2.05, 4.69) is 30.9 Å². The van der Waals surface area contributed by atoms with E-state index in [9.17, 15) is 4.79 Å². The SMILES string of the molecule is CC[C@H](NC(=O)c1ncn([C@H]2CCCNC2)n1)c1noc(C)n1. The number of amides is 1. The first-order chi connectivity index (χ1) is 11.2. The van der Waals surface area contributed by atoms with Crippen LogP contribution >= 0.6 is 0 Å². The van der Waals surface area contributed by atoms with Crippen molar-refractivity contribution in [2.24, 2.45) is 0 Å². The van der Waals surface area contributed by atoms with Crippen LogP contribution in [0.5, 0.6) is 0 Å². The quantitative estimate of drug-likeness (QED) is 0.837. The van der Waals surface area contributed by atoms with E-state index in [-0.39, 0.29) is 23.8 Å². The lowest BCUT2D eigenvalue weighted by Crippen LogP contribution is -2.32. The summed E-state index contributed by atoms with van der Waals surface area (Å²) in [5, 5.41) is 14.3. The van der Waals surface area contributed by atoms with Crippen LogP contribution in [0.3, 0.4) is 0 Å². The van der Waals surface area contributed by atoms with E-state index in [1.807, 2.05) is 6.92 Å². The zero-order chi connectivity index (χ0) is 16.2. The average Bonchev–Trinajstić information content (AvgIpc) is 3.22. The van der Waals surface area contributed by atoms with Crippen LogP contribution < -0.4 is 10.6 Å². The number of nitrogens with zero attached hydrogens (tertiary/aromatic N) is 5. The highest BCUT2D eigenvalue weighted by molar-refractivity contribution is 5.90. The van der Waals surface area contributed by atoms with E-state index in [1.54, 1.807) is 17.9 Å². The number of aromatic nitrogens is 5. The van der Waals surface area contributed by atoms with Crippen LogP contribution in [0.1, 0.15) is 60.6 Å². The summed E-state index contributed by atoms with van der Waals surface area (Å²) in [6.07, 6.45) is 4.41. The molecular weight excluding hydrogens is 298 g/mol. The minimum Gasteiger partial charge on any atom is -0.340 e. The molecule has 0 spiro atoms. The molecule has 0 aromatic carbocycles. The van der Waals surface area contributed by atoms with E-state index in [0.717, 1.165) is 25.9 Å². The van der Waals surface area contributed by atoms with Crippen LogP contribution in [0, 0.1) is 6.92 Å². The molecule has 2 aromatic rings. The summed E-state index contributed by atoms with van der Waals surface area (Å²) in [5.74, 6) is 0.769. The maximum absolute atomic E-state index is 12.3. The first kappa shape index (κ1) is 15.6. The Morgan fingerprint density at radius 2 is 2.48 bits per heavy atom. The standard InChI is InChI=1S/C14H21N7O2/c1-3-11(12-17-9(2)23-20-12)18-14(22)13-16-8-21(19-13)10-5-4-6-15-7-10/h8,10-11,15H,3-7H2,1-2H3,(H,18,22)/t10-,11-/m0/s1. The lowest BCUT2D eigenvalue weighted by Gasteiger charge is -2.22. The molecule has 3 rings (SSSR count). The van der Waals surface area contributed by atoms with Gasteiger partial charge in [-0.15, -0.1) is 5.10 Å². The summed E-state index contributed by atoms with van der Waals surface area (Å²) < 4.78 is 6.73. The molecule has 2 N–H and O–H groups in total. The van der Waals surface area contributed by atoms with Crippen LogP contribution in [0.25, 0.3) is 0 Å². The number of nitrogens with one attached hydrogen (secondary N) is 2. The van der Waals surface area contributed by atoms with Gasteiger partial charge in [0.1, 0.15) is 6.33 Å². The Kier molecular flexibility index (Phi) is 4.65. The molecule has 3 heterocycles. The van der Waals surface area contributed by atoms with Crippen molar-refractivity contribution in [1.29, 1.82) is 0 Å². The maximum atomic E-state index is 12.3. The summed E-state index contributed by atoms with van der Waals surface area (Å²) in [6.45, 7) is 5.54. The molecule has 1 fully saturated rings. The topological polar surface area (TPSA) is 111 Å². The Balaban J connectivity index is 1.66. The largest absolute Gasteiger partial charge is 0.340 e. The van der Waals surface area contributed by atoms with Gasteiger partial charge in [0, 0.05) is 13.5 Å². The Morgan fingerprint density at radius 1 is 1.61 bits per heavy atom. The minimum atomic E-state index is -0.332. The van der Waals surface area contributed by atoms with Crippen molar-refractivity contribution in [2.45, 2.75) is 45.2 Å². The van der Waals surface area contributed by atoms with Crippen molar-refractivity contribution in [3.05, 3.63) is 23.9 Å². The predicted octanol–water partition coefficient (Wildman–Crippen LogP) is 0.775. The van der Waals surface area contributed by atoms with E-state index >= 15 is 0 Å². The third-order valence-electron chi connectivity index (χ3n) is 3.93. The van der Waals surface area contributed by atoms with Crippen LogP contribution in [-0.4, -0.2) is 43.9 Å². The molecule has 9 heteroatoms. The molecule has 124 valence electrons. The van der Waals surface area contributed by atoms with Gasteiger partial charge in [0.25, 0.3) is 5.91 Å². The zero-order valence-corrected chi connectivity index (χ0v) is 13.3. The second-order valence-corrected chi connectivity index (χ2v) is 5.65. The average molecular weight is 319 g/mol. The van der Waals surface area contributed by atoms with Gasteiger partial charge in [-0.1, -0.05) is 12.1 Å². The molecule has 2 atom stereocenters. The molecule has 1 amide bonds. The van der Waals surface area contributed by atoms with Gasteiger partial charge >= 0.3 is 0 Å². The van der Waals surface area contributed by atoms with E-state index in [0.29, 0.717) is 18.1 Å². The van der Waals surface area contributed by atoms with Crippen molar-refractivity contribution < 1.29 is 9.32 Å². The Bertz CT molecular complexity index is 660. The van der Waals surface area contributed by atoms with Gasteiger partial charge in [-0.25, -0.2) is 9.67 Å². The number of carbonyl (C=O) groups excluding carboxylic acids is 1. The fourth-order valence-electron chi connectivity index (χ4n) is 2.64. The van der Waals surface area contributed by atoms with Gasteiger partial charge in [-0.3, -0.25) is 4.79 Å². The monoisotopic (exact) mass is 319 g/mol. The second kappa shape index (κ2) is 6.86. The van der Waals surface area contributed by atoms with E-state index in [4.69, 9.17) is 4.52 Å². The van der Waals surface area contributed by atoms with Crippen LogP contribution in [0.4, 0.5) is 0 Å². The van der Waals surface area contributed by atoms with Crippen molar-refractivity contribution in [3.63, 3.8) is 0 Å². The van der Waals surface area contributed by atoms with E-state index in [1.165, 1.54) is 0 Å². The van der Waals surface area contributed by atoms with Crippen LogP contribution in [0.15, 0.2) is 10.9 Å². The summed E-state index contributed by atoms with van der Waals surface area (Å²) in [4.78, 5) is 20.6. The zero-order valence-electron chi connectivity index (χ0n) is 13.3. The first-order valence-corrected chi connectivity index (χ1v) is 7.90. The van der Waals surface area contributed by atoms with Gasteiger partial charge in [0.05, 0.1) is 12.1 Å². The molecule has 0 saturated carbocycles. The summed E-state index contributed by atoms with van der Waals surface area (Å²) >= 11 is 0. The molecule has 0 unspecified atom stereocenters. The Morgan fingerprint density at radius 3 is 3.13 bits per heavy atom. The fourth-order valence-corrected chi connectivity index (χ4v) is 2.64. The van der Waals surface area contributed by atoms with Gasteiger partial charge < -0.3 is 15.2 Å². The Hall–Kier alpha value is -2.29. The molecule has 1 aliphatic heterocycles. The van der Waals surface area contributed by atoms with Crippen LogP contribution in [0.2, 0.25) is 0 Å². The fraction of sp³-hybridized carbons (Fsp3) is 0.643. The minimum absolute atomic E-state index is 0.161. The molecule has 23 heavy (non-hydrogen) atoms. The first-order valence-electron chi connectivity index (χ1n) is 7.90. The van der Waals surface area contributed by atoms with Crippen molar-refractivity contribution in [2.75, 3.05) is 13.1 Å². The molecule has 1 saturated heterocycles. The normalized spacial score (nSPS) is 19.5. The van der Waals surface area contributed by atoms with Crippen molar-refractivity contribution >= 4 is 5.91 Å². The molecule has 2 aromatic heterocycles. The van der Waals surface area contributed by atoms with Gasteiger partial charge in [-0.05, 0) is 25.8 Å². The van der Waals surface area contributed by atoms with Crippen molar-refractivity contribution in [3.8, 4) is 0 Å². The third kappa shape index (κ3) is 3.55. The summed E-state index contributed by atoms with van der Waals surface area (Å²) in [6, 6.07) is -0.0668. The Labute approximate surface area is 133 Å². The molecule has 9 nitrogen and oxygen atoms in total. The lowest BCUT2D eigenvalue weighted by molar-refractivity contribution is 0.0922. The van der Waals surface area contributed by atoms with Crippen LogP contribution in [-0.2, 0) is 0 Å². The number of piperidine rings is 1. The summed E-state index contributed by atoms with van der Waals surface area (Å²) in [5.41, 5.74) is 0. The second-order valence-electron chi connectivity index (χ2n) is 5.65. The maximum Gasteiger partial charge on any atom is 0.291 e. The predicted molar refractivity (Wildman–Crippen MR) is 80.7 cm³/mol. The van der Waals surface area contributed by atoms with Gasteiger partial charge in [0.2, 0.25) is 11.7 Å². The molecule has 1 aliphatic rings. The molecular formula is C14H21N7O2. The highest BCUT2D eigenvalue weighted by atomic mass is 16.5. The number of hydrogen-bond acceptors (Lipinski definition) is 7. The smallest absolute Gasteiger partial charge is 0.291 e. The van der Waals surface area contributed by atoms with Gasteiger partial charge in [-0.2, -0.15) is 4.98 Å². The number of rotatable bonds is 5. The van der Waals surface area contributed by atoms with E-state index < -0.39 is 0 Å². The third-order valence-corrected chi connectivity index (χ3v) is 3.93. The summed E-state index contributed by atoms with van der Waals surface area (Å²) in [7, 11) is 0. The number of aryl methyl sites for hydroxylation is 1. The van der Waals surface area contributed by atoms with Gasteiger partial charge in [0.15, 0.2) is 5.82 Å². The van der Waals surface area contributed by atoms with Crippen molar-refractivity contribution in [1.82, 2.24) is 35.5 Å². The number of carbonyl (C=O) groups is 1. The molecule has 0 aliphatic carbocycles.